The molecule has 1 heterocycles. The molecule has 12 heavy (non-hydrogen) atoms. The summed E-state index contributed by atoms with van der Waals surface area (Å²) in [6, 6.07) is -0.00468. The van der Waals surface area contributed by atoms with Crippen molar-refractivity contribution in [3.05, 3.63) is 24.1 Å². The SMILES string of the molecule is C=CCCNC1C=CS(=O)(=O)C1. The Hall–Kier alpha value is -0.610. The van der Waals surface area contributed by atoms with Crippen molar-refractivity contribution in [1.82, 2.24) is 5.32 Å². The highest BCUT2D eigenvalue weighted by molar-refractivity contribution is 7.94. The van der Waals surface area contributed by atoms with Gasteiger partial charge < -0.3 is 5.32 Å². The molecular weight excluding hydrogens is 174 g/mol. The molecule has 0 bridgehead atoms. The summed E-state index contributed by atoms with van der Waals surface area (Å²) in [6.45, 7) is 4.36. The van der Waals surface area contributed by atoms with E-state index in [4.69, 9.17) is 0 Å². The van der Waals surface area contributed by atoms with Crippen molar-refractivity contribution in [3.8, 4) is 0 Å². The van der Waals surface area contributed by atoms with Crippen LogP contribution in [0.5, 0.6) is 0 Å². The van der Waals surface area contributed by atoms with Crippen LogP contribution in [0.2, 0.25) is 0 Å². The smallest absolute Gasteiger partial charge is 0.173 e. The Labute approximate surface area is 73.1 Å². The molecule has 4 heteroatoms. The monoisotopic (exact) mass is 187 g/mol. The summed E-state index contributed by atoms with van der Waals surface area (Å²) >= 11 is 0. The van der Waals surface area contributed by atoms with Crippen LogP contribution in [0.4, 0.5) is 0 Å². The molecule has 1 N–H and O–H groups in total. The molecule has 0 fully saturated rings. The molecule has 1 rings (SSSR count). The van der Waals surface area contributed by atoms with Gasteiger partial charge in [-0.25, -0.2) is 8.42 Å². The van der Waals surface area contributed by atoms with E-state index >= 15 is 0 Å². The second-order valence-corrected chi connectivity index (χ2v) is 4.73. The van der Waals surface area contributed by atoms with Crippen LogP contribution in [0.15, 0.2) is 24.1 Å². The lowest BCUT2D eigenvalue weighted by Gasteiger charge is -2.07. The van der Waals surface area contributed by atoms with E-state index in [1.807, 2.05) is 0 Å². The molecule has 1 unspecified atom stereocenters. The van der Waals surface area contributed by atoms with Gasteiger partial charge in [0.15, 0.2) is 9.84 Å². The van der Waals surface area contributed by atoms with Crippen molar-refractivity contribution >= 4 is 9.84 Å². The lowest BCUT2D eigenvalue weighted by Crippen LogP contribution is -2.30. The molecular formula is C8H13NO2S. The van der Waals surface area contributed by atoms with E-state index in [0.717, 1.165) is 13.0 Å². The Bertz CT molecular complexity index is 279. The molecule has 0 radical (unpaired) electrons. The third kappa shape index (κ3) is 2.79. The maximum absolute atomic E-state index is 10.9. The van der Waals surface area contributed by atoms with Crippen LogP contribution < -0.4 is 5.32 Å². The summed E-state index contributed by atoms with van der Waals surface area (Å²) in [7, 11) is -2.90. The standard InChI is InChI=1S/C8H13NO2S/c1-2-3-5-9-8-4-6-12(10,11)7-8/h2,4,6,8-9H,1,3,5,7H2. The average molecular weight is 187 g/mol. The van der Waals surface area contributed by atoms with E-state index in [2.05, 4.69) is 11.9 Å². The van der Waals surface area contributed by atoms with Crippen molar-refractivity contribution in [1.29, 1.82) is 0 Å². The van der Waals surface area contributed by atoms with Gasteiger partial charge in [0.05, 0.1) is 5.75 Å². The average Bonchev–Trinajstić information content (AvgIpc) is 2.31. The van der Waals surface area contributed by atoms with Gasteiger partial charge in [0.1, 0.15) is 0 Å². The zero-order valence-electron chi connectivity index (χ0n) is 6.86. The normalized spacial score (nSPS) is 25.8. The largest absolute Gasteiger partial charge is 0.309 e. The van der Waals surface area contributed by atoms with Crippen molar-refractivity contribution in [2.45, 2.75) is 12.5 Å². The predicted molar refractivity (Wildman–Crippen MR) is 49.5 cm³/mol. The van der Waals surface area contributed by atoms with Gasteiger partial charge in [-0.2, -0.15) is 0 Å². The minimum absolute atomic E-state index is 0.00468. The minimum atomic E-state index is -2.90. The van der Waals surface area contributed by atoms with E-state index in [0.29, 0.717) is 0 Å². The molecule has 0 saturated heterocycles. The number of sulfone groups is 1. The van der Waals surface area contributed by atoms with Crippen molar-refractivity contribution in [2.24, 2.45) is 0 Å². The summed E-state index contributed by atoms with van der Waals surface area (Å²) in [5, 5.41) is 4.38. The maximum Gasteiger partial charge on any atom is 0.173 e. The molecule has 0 aromatic carbocycles. The highest BCUT2D eigenvalue weighted by atomic mass is 32.2. The minimum Gasteiger partial charge on any atom is -0.309 e. The van der Waals surface area contributed by atoms with Crippen LogP contribution in [0.25, 0.3) is 0 Å². The molecule has 0 amide bonds. The van der Waals surface area contributed by atoms with Gasteiger partial charge >= 0.3 is 0 Å². The van der Waals surface area contributed by atoms with E-state index in [1.54, 1.807) is 12.2 Å². The molecule has 0 saturated carbocycles. The summed E-state index contributed by atoms with van der Waals surface area (Å²) in [5.74, 6) is 0.199. The number of nitrogens with one attached hydrogen (secondary N) is 1. The fourth-order valence-electron chi connectivity index (χ4n) is 1.07. The quantitative estimate of drug-likeness (QED) is 0.514. The number of rotatable bonds is 4. The van der Waals surface area contributed by atoms with E-state index in [-0.39, 0.29) is 11.8 Å². The number of hydrogen-bond acceptors (Lipinski definition) is 3. The van der Waals surface area contributed by atoms with Gasteiger partial charge in [-0.3, -0.25) is 0 Å². The van der Waals surface area contributed by atoms with Crippen LogP contribution >= 0.6 is 0 Å². The third-order valence-electron chi connectivity index (χ3n) is 1.69. The first-order valence-electron chi connectivity index (χ1n) is 3.89. The fraction of sp³-hybridized carbons (Fsp3) is 0.500. The summed E-state index contributed by atoms with van der Waals surface area (Å²) in [4.78, 5) is 0. The van der Waals surface area contributed by atoms with E-state index < -0.39 is 9.84 Å². The molecule has 1 atom stereocenters. The van der Waals surface area contributed by atoms with Gasteiger partial charge in [0.25, 0.3) is 0 Å². The second-order valence-electron chi connectivity index (χ2n) is 2.80. The molecule has 0 spiro atoms. The van der Waals surface area contributed by atoms with Crippen LogP contribution in [-0.4, -0.2) is 26.8 Å². The van der Waals surface area contributed by atoms with Gasteiger partial charge in [-0.1, -0.05) is 12.2 Å². The first kappa shape index (κ1) is 9.48. The summed E-state index contributed by atoms with van der Waals surface area (Å²) < 4.78 is 21.9. The van der Waals surface area contributed by atoms with Gasteiger partial charge in [-0.05, 0) is 13.0 Å². The molecule has 68 valence electrons. The Balaban J connectivity index is 2.30. The summed E-state index contributed by atoms with van der Waals surface area (Å²) in [6.07, 6.45) is 4.36. The zero-order chi connectivity index (χ0) is 9.03. The van der Waals surface area contributed by atoms with Crippen molar-refractivity contribution in [3.63, 3.8) is 0 Å². The Morgan fingerprint density at radius 2 is 2.42 bits per heavy atom. The fourth-order valence-corrected chi connectivity index (χ4v) is 2.34. The van der Waals surface area contributed by atoms with Crippen LogP contribution in [0.1, 0.15) is 6.42 Å². The van der Waals surface area contributed by atoms with Crippen LogP contribution in [0, 0.1) is 0 Å². The molecule has 0 aliphatic carbocycles. The molecule has 1 aliphatic rings. The Morgan fingerprint density at radius 1 is 1.67 bits per heavy atom. The number of hydrogen-bond donors (Lipinski definition) is 1. The molecule has 0 aromatic heterocycles. The highest BCUT2D eigenvalue weighted by Gasteiger charge is 2.20. The van der Waals surface area contributed by atoms with E-state index in [9.17, 15) is 8.42 Å². The Morgan fingerprint density at radius 3 is 2.92 bits per heavy atom. The van der Waals surface area contributed by atoms with Crippen LogP contribution in [0.3, 0.4) is 0 Å². The molecule has 3 nitrogen and oxygen atoms in total. The molecule has 0 aromatic rings. The van der Waals surface area contributed by atoms with Crippen molar-refractivity contribution in [2.75, 3.05) is 12.3 Å². The molecule has 1 aliphatic heterocycles. The lowest BCUT2D eigenvalue weighted by atomic mass is 10.3. The van der Waals surface area contributed by atoms with Gasteiger partial charge in [0, 0.05) is 11.4 Å². The summed E-state index contributed by atoms with van der Waals surface area (Å²) in [5.41, 5.74) is 0. The van der Waals surface area contributed by atoms with Crippen molar-refractivity contribution < 1.29 is 8.42 Å². The highest BCUT2D eigenvalue weighted by Crippen LogP contribution is 2.07. The topological polar surface area (TPSA) is 46.2 Å². The zero-order valence-corrected chi connectivity index (χ0v) is 7.68. The first-order chi connectivity index (χ1) is 5.64. The van der Waals surface area contributed by atoms with Gasteiger partial charge in [0.2, 0.25) is 0 Å². The predicted octanol–water partition coefficient (Wildman–Crippen LogP) is 0.463. The third-order valence-corrected chi connectivity index (χ3v) is 3.08. The second kappa shape index (κ2) is 3.87. The first-order valence-corrected chi connectivity index (χ1v) is 5.61. The van der Waals surface area contributed by atoms with E-state index in [1.165, 1.54) is 5.41 Å². The van der Waals surface area contributed by atoms with Gasteiger partial charge in [-0.15, -0.1) is 6.58 Å². The maximum atomic E-state index is 10.9. The van der Waals surface area contributed by atoms with Crippen LogP contribution in [-0.2, 0) is 9.84 Å². The lowest BCUT2D eigenvalue weighted by molar-refractivity contribution is 0.592. The Kier molecular flexibility index (Phi) is 3.05.